The number of carbonyl (C=O) groups is 2. The summed E-state index contributed by atoms with van der Waals surface area (Å²) in [5, 5.41) is 5.65. The number of imidazole rings is 1. The van der Waals surface area contributed by atoms with Crippen LogP contribution in [0, 0.1) is 0 Å². The second kappa shape index (κ2) is 9.93. The summed E-state index contributed by atoms with van der Waals surface area (Å²) >= 11 is 0. The number of para-hydroxylation sites is 1. The third kappa shape index (κ3) is 4.94. The molecule has 0 bridgehead atoms. The molecule has 3 rings (SSSR count). The van der Waals surface area contributed by atoms with Crippen LogP contribution in [0.1, 0.15) is 42.4 Å². The predicted octanol–water partition coefficient (Wildman–Crippen LogP) is 3.40. The highest BCUT2D eigenvalue weighted by atomic mass is 16.5. The molecule has 2 N–H and O–H groups in total. The standard InChI is InChI=1S/C24H28N4O3/c1-5-16-9-7-10-17(6-2)20(16)26-23(29)24(30)27-21(22-25-13-14-28(22)3)18-11-8-12-19(15-18)31-4/h7-15,21H,5-6H2,1-4H3,(H,26,29)(H,27,30). The van der Waals surface area contributed by atoms with Crippen LogP contribution in [0.4, 0.5) is 5.69 Å². The van der Waals surface area contributed by atoms with Crippen LogP contribution in [-0.4, -0.2) is 28.5 Å². The van der Waals surface area contributed by atoms with Crippen molar-refractivity contribution in [2.24, 2.45) is 7.05 Å². The van der Waals surface area contributed by atoms with Crippen molar-refractivity contribution in [1.29, 1.82) is 0 Å². The molecule has 7 nitrogen and oxygen atoms in total. The Hall–Kier alpha value is -3.61. The van der Waals surface area contributed by atoms with Crippen molar-refractivity contribution in [3.05, 3.63) is 77.4 Å². The third-order valence-electron chi connectivity index (χ3n) is 5.26. The quantitative estimate of drug-likeness (QED) is 0.574. The fourth-order valence-electron chi connectivity index (χ4n) is 3.54. The molecular weight excluding hydrogens is 392 g/mol. The van der Waals surface area contributed by atoms with E-state index in [-0.39, 0.29) is 0 Å². The summed E-state index contributed by atoms with van der Waals surface area (Å²) in [6.45, 7) is 4.04. The molecule has 162 valence electrons. The third-order valence-corrected chi connectivity index (χ3v) is 5.26. The Morgan fingerprint density at radius 3 is 2.32 bits per heavy atom. The van der Waals surface area contributed by atoms with Gasteiger partial charge >= 0.3 is 11.8 Å². The van der Waals surface area contributed by atoms with Crippen molar-refractivity contribution >= 4 is 17.5 Å². The van der Waals surface area contributed by atoms with Gasteiger partial charge in [0.15, 0.2) is 0 Å². The Kier molecular flexibility index (Phi) is 7.07. The molecule has 0 aliphatic carbocycles. The van der Waals surface area contributed by atoms with E-state index in [9.17, 15) is 9.59 Å². The van der Waals surface area contributed by atoms with E-state index in [0.717, 1.165) is 29.5 Å². The molecule has 1 unspecified atom stereocenters. The lowest BCUT2D eigenvalue weighted by Crippen LogP contribution is -2.39. The van der Waals surface area contributed by atoms with Gasteiger partial charge in [0, 0.05) is 25.1 Å². The van der Waals surface area contributed by atoms with Gasteiger partial charge in [-0.2, -0.15) is 0 Å². The van der Waals surface area contributed by atoms with E-state index in [1.807, 2.05) is 67.9 Å². The van der Waals surface area contributed by atoms with E-state index in [0.29, 0.717) is 17.3 Å². The van der Waals surface area contributed by atoms with Crippen LogP contribution in [0.5, 0.6) is 5.75 Å². The zero-order valence-corrected chi connectivity index (χ0v) is 18.3. The first-order chi connectivity index (χ1) is 15.0. The number of nitrogens with zero attached hydrogens (tertiary/aromatic N) is 2. The Morgan fingerprint density at radius 1 is 1.06 bits per heavy atom. The normalized spacial score (nSPS) is 11.6. The van der Waals surface area contributed by atoms with E-state index in [1.165, 1.54) is 0 Å². The molecule has 0 radical (unpaired) electrons. The summed E-state index contributed by atoms with van der Waals surface area (Å²) in [5.41, 5.74) is 3.46. The molecule has 0 fully saturated rings. The minimum Gasteiger partial charge on any atom is -0.497 e. The number of aromatic nitrogens is 2. The van der Waals surface area contributed by atoms with E-state index in [2.05, 4.69) is 15.6 Å². The van der Waals surface area contributed by atoms with Crippen LogP contribution in [0.15, 0.2) is 54.9 Å². The fourth-order valence-corrected chi connectivity index (χ4v) is 3.54. The van der Waals surface area contributed by atoms with Gasteiger partial charge in [0.2, 0.25) is 0 Å². The largest absolute Gasteiger partial charge is 0.497 e. The van der Waals surface area contributed by atoms with Crippen LogP contribution in [0.2, 0.25) is 0 Å². The molecule has 0 saturated heterocycles. The number of aryl methyl sites for hydroxylation is 3. The molecule has 0 aliphatic rings. The van der Waals surface area contributed by atoms with Crippen LogP contribution >= 0.6 is 0 Å². The zero-order valence-electron chi connectivity index (χ0n) is 18.3. The first kappa shape index (κ1) is 22.1. The molecule has 7 heteroatoms. The summed E-state index contributed by atoms with van der Waals surface area (Å²) in [6, 6.07) is 12.6. The van der Waals surface area contributed by atoms with Crippen molar-refractivity contribution in [3.8, 4) is 5.75 Å². The summed E-state index contributed by atoms with van der Waals surface area (Å²) in [5.74, 6) is -0.182. The maximum Gasteiger partial charge on any atom is 0.313 e. The average Bonchev–Trinajstić information content (AvgIpc) is 3.22. The van der Waals surface area contributed by atoms with Gasteiger partial charge in [-0.3, -0.25) is 9.59 Å². The molecule has 3 aromatic rings. The Morgan fingerprint density at radius 2 is 1.74 bits per heavy atom. The summed E-state index contributed by atoms with van der Waals surface area (Å²) in [6.07, 6.45) is 4.95. The number of nitrogens with one attached hydrogen (secondary N) is 2. The fraction of sp³-hybridized carbons (Fsp3) is 0.292. The minimum absolute atomic E-state index is 0.609. The molecule has 2 aromatic carbocycles. The van der Waals surface area contributed by atoms with Crippen molar-refractivity contribution in [2.45, 2.75) is 32.7 Å². The van der Waals surface area contributed by atoms with Crippen LogP contribution in [0.25, 0.3) is 0 Å². The number of carbonyl (C=O) groups excluding carboxylic acids is 2. The van der Waals surface area contributed by atoms with Gasteiger partial charge in [0.05, 0.1) is 7.11 Å². The number of amides is 2. The average molecular weight is 421 g/mol. The molecule has 1 atom stereocenters. The lowest BCUT2D eigenvalue weighted by molar-refractivity contribution is -0.136. The first-order valence-corrected chi connectivity index (χ1v) is 10.3. The summed E-state index contributed by atoms with van der Waals surface area (Å²) in [4.78, 5) is 30.1. The van der Waals surface area contributed by atoms with Crippen molar-refractivity contribution in [2.75, 3.05) is 12.4 Å². The lowest BCUT2D eigenvalue weighted by Gasteiger charge is -2.20. The summed E-state index contributed by atoms with van der Waals surface area (Å²) in [7, 11) is 3.42. The number of anilines is 1. The zero-order chi connectivity index (χ0) is 22.4. The SMILES string of the molecule is CCc1cccc(CC)c1NC(=O)C(=O)NC(c1cccc(OC)c1)c1nccn1C. The molecule has 1 heterocycles. The second-order valence-corrected chi connectivity index (χ2v) is 7.19. The van der Waals surface area contributed by atoms with Gasteiger partial charge in [-0.05, 0) is 41.7 Å². The Labute approximate surface area is 182 Å². The number of rotatable bonds is 7. The molecule has 1 aromatic heterocycles. The highest BCUT2D eigenvalue weighted by molar-refractivity contribution is 6.39. The highest BCUT2D eigenvalue weighted by Crippen LogP contribution is 2.25. The molecule has 2 amide bonds. The molecule has 0 saturated carbocycles. The van der Waals surface area contributed by atoms with E-state index in [4.69, 9.17) is 4.74 Å². The predicted molar refractivity (Wildman–Crippen MR) is 120 cm³/mol. The monoisotopic (exact) mass is 420 g/mol. The van der Waals surface area contributed by atoms with Gasteiger partial charge in [-0.1, -0.05) is 44.2 Å². The van der Waals surface area contributed by atoms with Gasteiger partial charge < -0.3 is 19.9 Å². The minimum atomic E-state index is -0.733. The van der Waals surface area contributed by atoms with Crippen LogP contribution < -0.4 is 15.4 Å². The maximum absolute atomic E-state index is 12.9. The second-order valence-electron chi connectivity index (χ2n) is 7.19. The number of benzene rings is 2. The number of hydrogen-bond donors (Lipinski definition) is 2. The highest BCUT2D eigenvalue weighted by Gasteiger charge is 2.25. The topological polar surface area (TPSA) is 85.2 Å². The van der Waals surface area contributed by atoms with Crippen LogP contribution in [0.3, 0.4) is 0 Å². The first-order valence-electron chi connectivity index (χ1n) is 10.3. The smallest absolute Gasteiger partial charge is 0.313 e. The van der Waals surface area contributed by atoms with Gasteiger partial charge in [0.1, 0.15) is 17.6 Å². The number of methoxy groups -OCH3 is 1. The van der Waals surface area contributed by atoms with Crippen molar-refractivity contribution in [1.82, 2.24) is 14.9 Å². The van der Waals surface area contributed by atoms with E-state index >= 15 is 0 Å². The van der Waals surface area contributed by atoms with E-state index in [1.54, 1.807) is 19.5 Å². The summed E-state index contributed by atoms with van der Waals surface area (Å²) < 4.78 is 7.13. The van der Waals surface area contributed by atoms with E-state index < -0.39 is 17.9 Å². The molecule has 0 spiro atoms. The Balaban J connectivity index is 1.87. The van der Waals surface area contributed by atoms with Gasteiger partial charge in [-0.25, -0.2) is 4.98 Å². The van der Waals surface area contributed by atoms with Gasteiger partial charge in [-0.15, -0.1) is 0 Å². The number of hydrogen-bond acceptors (Lipinski definition) is 4. The Bertz CT molecular complexity index is 1050. The van der Waals surface area contributed by atoms with Crippen molar-refractivity contribution < 1.29 is 14.3 Å². The van der Waals surface area contributed by atoms with Crippen LogP contribution in [-0.2, 0) is 29.5 Å². The maximum atomic E-state index is 12.9. The molecule has 31 heavy (non-hydrogen) atoms. The number of ether oxygens (including phenoxy) is 1. The lowest BCUT2D eigenvalue weighted by atomic mass is 10.0. The van der Waals surface area contributed by atoms with Gasteiger partial charge in [0.25, 0.3) is 0 Å². The van der Waals surface area contributed by atoms with Crippen molar-refractivity contribution in [3.63, 3.8) is 0 Å². The molecular formula is C24H28N4O3. The molecule has 0 aliphatic heterocycles.